The second kappa shape index (κ2) is 21.4. The second-order valence-corrected chi connectivity index (χ2v) is 15.6. The van der Waals surface area contributed by atoms with Gasteiger partial charge in [0.15, 0.2) is 24.6 Å². The summed E-state index contributed by atoms with van der Waals surface area (Å²) in [5.41, 5.74) is 3.72. The van der Waals surface area contributed by atoms with Gasteiger partial charge in [-0.1, -0.05) is 48.6 Å². The molecule has 17 heteroatoms. The summed E-state index contributed by atoms with van der Waals surface area (Å²) >= 11 is 7.39. The van der Waals surface area contributed by atoms with Crippen molar-refractivity contribution in [2.75, 3.05) is 23.0 Å². The highest BCUT2D eigenvalue weighted by Crippen LogP contribution is 2.40. The number of benzene rings is 3. The number of hydrogen-bond acceptors (Lipinski definition) is 15. The molecule has 3 N–H and O–H groups in total. The molecule has 0 aliphatic carbocycles. The first-order chi connectivity index (χ1) is 28.2. The van der Waals surface area contributed by atoms with Gasteiger partial charge in [0, 0.05) is 75.0 Å². The van der Waals surface area contributed by atoms with Gasteiger partial charge in [-0.2, -0.15) is 0 Å². The molecule has 1 amide bonds. The summed E-state index contributed by atoms with van der Waals surface area (Å²) in [5, 5.41) is 15.6. The number of hydrogen-bond donors (Lipinski definition) is 3. The number of thiocarbonyl (C=S) groups is 1. The van der Waals surface area contributed by atoms with E-state index >= 15 is 0 Å². The lowest BCUT2D eigenvalue weighted by molar-refractivity contribution is -0.251. The number of esters is 4. The molecule has 8 unspecified atom stereocenters. The fraction of sp³-hybridized carbons (Fsp3) is 0.429. The van der Waals surface area contributed by atoms with Gasteiger partial charge in [0.2, 0.25) is 5.91 Å². The predicted molar refractivity (Wildman–Crippen MR) is 219 cm³/mol. The molecule has 0 radical (unpaired) electrons. The maximum absolute atomic E-state index is 12.3. The first kappa shape index (κ1) is 45.2. The molecule has 2 aliphatic rings. The minimum Gasteiger partial charge on any atom is -0.463 e. The van der Waals surface area contributed by atoms with Crippen LogP contribution in [0.5, 0.6) is 0 Å². The minimum absolute atomic E-state index is 0.0495. The van der Waals surface area contributed by atoms with Crippen molar-refractivity contribution >= 4 is 70.1 Å². The molecule has 3 aromatic carbocycles. The highest BCUT2D eigenvalue weighted by molar-refractivity contribution is 7.99. The summed E-state index contributed by atoms with van der Waals surface area (Å²) in [4.78, 5) is 61.2. The maximum Gasteiger partial charge on any atom is 0.303 e. The zero-order chi connectivity index (χ0) is 42.6. The molecule has 0 bridgehead atoms. The number of amides is 1. The van der Waals surface area contributed by atoms with Crippen molar-refractivity contribution in [1.29, 1.82) is 0 Å². The lowest BCUT2D eigenvalue weighted by Crippen LogP contribution is -2.62. The molecule has 59 heavy (non-hydrogen) atoms. The molecule has 0 saturated carbocycles. The molecule has 316 valence electrons. The fourth-order valence-electron chi connectivity index (χ4n) is 6.69. The van der Waals surface area contributed by atoms with Crippen LogP contribution in [-0.4, -0.2) is 88.9 Å². The lowest BCUT2D eigenvalue weighted by Gasteiger charge is -2.44. The van der Waals surface area contributed by atoms with Gasteiger partial charge in [-0.25, -0.2) is 0 Å². The van der Waals surface area contributed by atoms with Crippen LogP contribution in [0.25, 0.3) is 0 Å². The number of anilines is 2. The van der Waals surface area contributed by atoms with E-state index in [-0.39, 0.29) is 42.7 Å². The highest BCUT2D eigenvalue weighted by Gasteiger charge is 2.52. The number of nitrogens with one attached hydrogen (secondary N) is 2. The predicted octanol–water partition coefficient (Wildman–Crippen LogP) is 5.73. The summed E-state index contributed by atoms with van der Waals surface area (Å²) in [6.45, 7) is 5.72. The third-order valence-electron chi connectivity index (χ3n) is 9.14. The van der Waals surface area contributed by atoms with E-state index in [2.05, 4.69) is 10.6 Å². The van der Waals surface area contributed by atoms with Gasteiger partial charge in [0.05, 0.1) is 23.8 Å². The molecule has 2 heterocycles. The SMILES string of the molecule is CC(=O)Nc1ccc(SCC2CC(c3ccc(CO)cc3)OC(c3cccc(NC(=S)CC4OC(COC(C)=O)C(OC(C)=O)C(OC(C)=O)C4OC(C)=O)c3)O2)cc1. The average molecular weight is 853 g/mol. The number of aliphatic hydroxyl groups excluding tert-OH is 1. The molecule has 0 spiro atoms. The van der Waals surface area contributed by atoms with Crippen molar-refractivity contribution in [1.82, 2.24) is 0 Å². The summed E-state index contributed by atoms with van der Waals surface area (Å²) < 4.78 is 41.2. The fourth-order valence-corrected chi connectivity index (χ4v) is 7.89. The Morgan fingerprint density at radius 2 is 1.37 bits per heavy atom. The Hall–Kier alpha value is -4.91. The van der Waals surface area contributed by atoms with E-state index in [1.165, 1.54) is 20.8 Å². The third kappa shape index (κ3) is 13.6. The number of ether oxygens (including phenoxy) is 7. The van der Waals surface area contributed by atoms with Crippen LogP contribution in [-0.2, 0) is 63.7 Å². The minimum atomic E-state index is -1.31. The molecule has 2 saturated heterocycles. The van der Waals surface area contributed by atoms with Gasteiger partial charge in [0.25, 0.3) is 0 Å². The average Bonchev–Trinajstić information content (AvgIpc) is 3.18. The number of carbonyl (C=O) groups excluding carboxylic acids is 5. The van der Waals surface area contributed by atoms with E-state index in [0.717, 1.165) is 29.9 Å². The Bertz CT molecular complexity index is 1960. The van der Waals surface area contributed by atoms with Crippen molar-refractivity contribution in [3.8, 4) is 0 Å². The van der Waals surface area contributed by atoms with Crippen molar-refractivity contribution in [3.05, 3.63) is 89.5 Å². The van der Waals surface area contributed by atoms with Gasteiger partial charge in [-0.05, 0) is 47.5 Å². The standard InChI is InChI=1S/C42H48N2O13S2/c1-23(46)43-31-13-15-34(16-14-31)59-22-33-18-35(29-11-9-28(20-45)10-12-29)57-42(55-33)30-7-6-8-32(17-30)44-38(58)19-36-39(52-25(3)48)41(54-27(5)50)40(53-26(4)49)37(56-36)21-51-24(2)47/h6-17,33,35-37,39-42,45H,18-22H2,1-5H3,(H,43,46)(H,44,58). The van der Waals surface area contributed by atoms with E-state index in [1.807, 2.05) is 66.7 Å². The van der Waals surface area contributed by atoms with E-state index in [0.29, 0.717) is 29.1 Å². The number of carbonyl (C=O) groups is 5. The molecular weight excluding hydrogens is 805 g/mol. The Morgan fingerprint density at radius 3 is 1.98 bits per heavy atom. The van der Waals surface area contributed by atoms with Crippen LogP contribution >= 0.6 is 24.0 Å². The summed E-state index contributed by atoms with van der Waals surface area (Å²) in [7, 11) is 0. The van der Waals surface area contributed by atoms with E-state index in [9.17, 15) is 29.1 Å². The number of aliphatic hydroxyl groups is 1. The van der Waals surface area contributed by atoms with Gasteiger partial charge in [0.1, 0.15) is 18.8 Å². The molecule has 15 nitrogen and oxygen atoms in total. The van der Waals surface area contributed by atoms with Gasteiger partial charge in [-0.3, -0.25) is 24.0 Å². The zero-order valence-electron chi connectivity index (χ0n) is 33.2. The quantitative estimate of drug-likeness (QED) is 0.0726. The van der Waals surface area contributed by atoms with Crippen molar-refractivity contribution in [2.45, 2.75) is 108 Å². The van der Waals surface area contributed by atoms with Gasteiger partial charge in [-0.15, -0.1) is 11.8 Å². The van der Waals surface area contributed by atoms with Crippen LogP contribution in [0.2, 0.25) is 0 Å². The van der Waals surface area contributed by atoms with Crippen molar-refractivity contribution in [3.63, 3.8) is 0 Å². The molecule has 8 atom stereocenters. The van der Waals surface area contributed by atoms with E-state index in [4.69, 9.17) is 45.4 Å². The topological polar surface area (TPSA) is 194 Å². The van der Waals surface area contributed by atoms with Crippen molar-refractivity contribution < 1.29 is 62.2 Å². The second-order valence-electron chi connectivity index (χ2n) is 14.0. The Labute approximate surface area is 351 Å². The summed E-state index contributed by atoms with van der Waals surface area (Å²) in [6.07, 6.45) is -6.76. The molecular formula is C42H48N2O13S2. The molecule has 0 aromatic heterocycles. The first-order valence-electron chi connectivity index (χ1n) is 18.9. The van der Waals surface area contributed by atoms with Crippen LogP contribution in [0.4, 0.5) is 11.4 Å². The van der Waals surface area contributed by atoms with Crippen LogP contribution in [0.1, 0.15) is 76.5 Å². The molecule has 2 aliphatic heterocycles. The highest BCUT2D eigenvalue weighted by atomic mass is 32.2. The van der Waals surface area contributed by atoms with Crippen LogP contribution < -0.4 is 10.6 Å². The van der Waals surface area contributed by atoms with Gasteiger partial charge >= 0.3 is 23.9 Å². The van der Waals surface area contributed by atoms with Crippen LogP contribution in [0, 0.1) is 0 Å². The van der Waals surface area contributed by atoms with Crippen molar-refractivity contribution in [2.24, 2.45) is 0 Å². The van der Waals surface area contributed by atoms with E-state index in [1.54, 1.807) is 17.8 Å². The van der Waals surface area contributed by atoms with Crippen LogP contribution in [0.3, 0.4) is 0 Å². The largest absolute Gasteiger partial charge is 0.463 e. The molecule has 2 fully saturated rings. The van der Waals surface area contributed by atoms with Gasteiger partial charge < -0.3 is 48.9 Å². The maximum atomic E-state index is 12.3. The lowest BCUT2D eigenvalue weighted by atomic mass is 9.92. The Kier molecular flexibility index (Phi) is 16.4. The molecule has 5 rings (SSSR count). The summed E-state index contributed by atoms with van der Waals surface area (Å²) in [6, 6.07) is 22.5. The Balaban J connectivity index is 1.34. The summed E-state index contributed by atoms with van der Waals surface area (Å²) in [5.74, 6) is -2.32. The third-order valence-corrected chi connectivity index (χ3v) is 10.6. The monoisotopic (exact) mass is 852 g/mol. The number of thioether (sulfide) groups is 1. The zero-order valence-corrected chi connectivity index (χ0v) is 34.9. The smallest absolute Gasteiger partial charge is 0.303 e. The Morgan fingerprint density at radius 1 is 0.729 bits per heavy atom. The molecule has 3 aromatic rings. The van der Waals surface area contributed by atoms with E-state index < -0.39 is 60.7 Å². The first-order valence-corrected chi connectivity index (χ1v) is 20.3. The normalized spacial score (nSPS) is 23.9. The number of rotatable bonds is 15. The van der Waals surface area contributed by atoms with Crippen LogP contribution in [0.15, 0.2) is 77.7 Å².